The highest BCUT2D eigenvalue weighted by Gasteiger charge is 2.10. The second kappa shape index (κ2) is 5.59. The Kier molecular flexibility index (Phi) is 3.88. The Hall–Kier alpha value is -2.26. The van der Waals surface area contributed by atoms with E-state index >= 15 is 0 Å². The van der Waals surface area contributed by atoms with E-state index in [1.165, 1.54) is 12.3 Å². The molecule has 0 bridgehead atoms. The molecule has 7 heteroatoms. The summed E-state index contributed by atoms with van der Waals surface area (Å²) in [5.41, 5.74) is -0.377. The minimum Gasteiger partial charge on any atom is -0.473 e. The molecule has 96 valence electrons. The molecule has 0 saturated heterocycles. The molecule has 0 spiro atoms. The second-order valence-electron chi connectivity index (χ2n) is 3.49. The molecule has 0 radical (unpaired) electrons. The van der Waals surface area contributed by atoms with Crippen molar-refractivity contribution in [3.8, 4) is 11.9 Å². The topological polar surface area (TPSA) is 58.8 Å². The zero-order valence-corrected chi connectivity index (χ0v) is 10.2. The first-order chi connectivity index (χ1) is 9.10. The summed E-state index contributed by atoms with van der Waals surface area (Å²) in [5, 5.41) is 8.54. The minimum absolute atomic E-state index is 0.0102. The minimum atomic E-state index is -0.803. The van der Waals surface area contributed by atoms with E-state index in [9.17, 15) is 8.78 Å². The third kappa shape index (κ3) is 3.14. The summed E-state index contributed by atoms with van der Waals surface area (Å²) in [6.45, 7) is -0.234. The number of halogens is 3. The third-order valence-corrected chi connectivity index (χ3v) is 2.41. The molecule has 0 aliphatic carbocycles. The van der Waals surface area contributed by atoms with Crippen LogP contribution in [0.5, 0.6) is 5.88 Å². The van der Waals surface area contributed by atoms with Crippen molar-refractivity contribution in [3.05, 3.63) is 52.4 Å². The van der Waals surface area contributed by atoms with Gasteiger partial charge in [-0.15, -0.1) is 0 Å². The number of rotatable bonds is 3. The van der Waals surface area contributed by atoms with Gasteiger partial charge < -0.3 is 4.74 Å². The molecule has 1 heterocycles. The van der Waals surface area contributed by atoms with Gasteiger partial charge in [0.25, 0.3) is 0 Å². The fraction of sp³-hybridized carbons (Fsp3) is 0.0833. The van der Waals surface area contributed by atoms with Crippen LogP contribution in [0.2, 0.25) is 5.28 Å². The van der Waals surface area contributed by atoms with Gasteiger partial charge >= 0.3 is 0 Å². The van der Waals surface area contributed by atoms with Crippen molar-refractivity contribution >= 4 is 11.6 Å². The van der Waals surface area contributed by atoms with Crippen LogP contribution in [0.1, 0.15) is 11.1 Å². The standard InChI is InChI=1S/C12H6ClF2N3O/c13-12-17-2-1-11(18-12)19-6-8-4-9(14)7(5-16)3-10(8)15/h1-4H,6H2. The van der Waals surface area contributed by atoms with E-state index in [1.807, 2.05) is 0 Å². The molecule has 1 aromatic heterocycles. The molecular formula is C12H6ClF2N3O. The van der Waals surface area contributed by atoms with E-state index in [1.54, 1.807) is 6.07 Å². The molecule has 0 amide bonds. The summed E-state index contributed by atoms with van der Waals surface area (Å²) in [6.07, 6.45) is 1.38. The predicted molar refractivity (Wildman–Crippen MR) is 62.4 cm³/mol. The average Bonchev–Trinajstić information content (AvgIpc) is 2.39. The van der Waals surface area contributed by atoms with Crippen LogP contribution in [0.25, 0.3) is 0 Å². The van der Waals surface area contributed by atoms with E-state index in [0.717, 1.165) is 12.1 Å². The lowest BCUT2D eigenvalue weighted by molar-refractivity contribution is 0.286. The molecule has 2 rings (SSSR count). The highest BCUT2D eigenvalue weighted by molar-refractivity contribution is 6.28. The molecule has 0 N–H and O–H groups in total. The van der Waals surface area contributed by atoms with Crippen LogP contribution in [0.3, 0.4) is 0 Å². The van der Waals surface area contributed by atoms with Gasteiger partial charge in [0.15, 0.2) is 0 Å². The van der Waals surface area contributed by atoms with Crippen LogP contribution in [0.15, 0.2) is 24.4 Å². The van der Waals surface area contributed by atoms with Crippen molar-refractivity contribution in [2.45, 2.75) is 6.61 Å². The van der Waals surface area contributed by atoms with Crippen LogP contribution in [0.4, 0.5) is 8.78 Å². The van der Waals surface area contributed by atoms with Crippen molar-refractivity contribution < 1.29 is 13.5 Å². The highest BCUT2D eigenvalue weighted by atomic mass is 35.5. The fourth-order valence-electron chi connectivity index (χ4n) is 1.34. The van der Waals surface area contributed by atoms with Gasteiger partial charge in [0, 0.05) is 17.8 Å². The monoisotopic (exact) mass is 281 g/mol. The molecule has 2 aromatic rings. The largest absolute Gasteiger partial charge is 0.473 e. The Morgan fingerprint density at radius 3 is 2.79 bits per heavy atom. The number of hydrogen-bond donors (Lipinski definition) is 0. The number of hydrogen-bond acceptors (Lipinski definition) is 4. The summed E-state index contributed by atoms with van der Waals surface area (Å²) in [4.78, 5) is 7.39. The highest BCUT2D eigenvalue weighted by Crippen LogP contribution is 2.17. The molecule has 0 atom stereocenters. The Labute approximate surface area is 112 Å². The zero-order chi connectivity index (χ0) is 13.8. The van der Waals surface area contributed by atoms with Gasteiger partial charge in [0.1, 0.15) is 24.3 Å². The number of benzene rings is 1. The number of nitrogens with zero attached hydrogens (tertiary/aromatic N) is 3. The van der Waals surface area contributed by atoms with Crippen molar-refractivity contribution in [2.24, 2.45) is 0 Å². The fourth-order valence-corrected chi connectivity index (χ4v) is 1.48. The number of ether oxygens (including phenoxy) is 1. The lowest BCUT2D eigenvalue weighted by Crippen LogP contribution is -2.02. The molecule has 0 unspecified atom stereocenters. The Balaban J connectivity index is 2.16. The van der Waals surface area contributed by atoms with Gasteiger partial charge in [-0.25, -0.2) is 13.8 Å². The van der Waals surface area contributed by atoms with E-state index in [0.29, 0.717) is 0 Å². The molecule has 1 aromatic carbocycles. The van der Waals surface area contributed by atoms with Crippen LogP contribution in [-0.4, -0.2) is 9.97 Å². The second-order valence-corrected chi connectivity index (χ2v) is 3.83. The van der Waals surface area contributed by atoms with Crippen LogP contribution >= 0.6 is 11.6 Å². The third-order valence-electron chi connectivity index (χ3n) is 2.23. The van der Waals surface area contributed by atoms with E-state index in [-0.39, 0.29) is 28.9 Å². The first kappa shape index (κ1) is 13.2. The summed E-state index contributed by atoms with van der Waals surface area (Å²) >= 11 is 5.55. The van der Waals surface area contributed by atoms with E-state index in [2.05, 4.69) is 9.97 Å². The maximum Gasteiger partial charge on any atom is 0.225 e. The normalized spacial score (nSPS) is 10.0. The van der Waals surface area contributed by atoms with Crippen LogP contribution < -0.4 is 4.74 Å². The van der Waals surface area contributed by atoms with E-state index < -0.39 is 11.6 Å². The van der Waals surface area contributed by atoms with Crippen LogP contribution in [-0.2, 0) is 6.61 Å². The molecule has 0 aliphatic rings. The van der Waals surface area contributed by atoms with Gasteiger partial charge in [-0.3, -0.25) is 0 Å². The summed E-state index contributed by atoms with van der Waals surface area (Å²) < 4.78 is 32.0. The molecule has 4 nitrogen and oxygen atoms in total. The first-order valence-corrected chi connectivity index (χ1v) is 5.47. The van der Waals surface area contributed by atoms with Gasteiger partial charge in [-0.05, 0) is 23.7 Å². The summed E-state index contributed by atoms with van der Waals surface area (Å²) in [7, 11) is 0. The maximum atomic E-state index is 13.5. The lowest BCUT2D eigenvalue weighted by atomic mass is 10.1. The maximum absolute atomic E-state index is 13.5. The number of nitriles is 1. The smallest absolute Gasteiger partial charge is 0.225 e. The first-order valence-electron chi connectivity index (χ1n) is 5.09. The van der Waals surface area contributed by atoms with Gasteiger partial charge in [-0.1, -0.05) is 0 Å². The SMILES string of the molecule is N#Cc1cc(F)c(COc2ccnc(Cl)n2)cc1F. The summed E-state index contributed by atoms with van der Waals surface area (Å²) in [5.74, 6) is -1.38. The van der Waals surface area contributed by atoms with Gasteiger partial charge in [0.05, 0.1) is 5.56 Å². The van der Waals surface area contributed by atoms with Crippen molar-refractivity contribution in [3.63, 3.8) is 0 Å². The summed E-state index contributed by atoms with van der Waals surface area (Å²) in [6, 6.07) is 4.72. The molecule has 0 aliphatic heterocycles. The molecule has 0 saturated carbocycles. The average molecular weight is 282 g/mol. The van der Waals surface area contributed by atoms with Gasteiger partial charge in [0.2, 0.25) is 11.2 Å². The lowest BCUT2D eigenvalue weighted by Gasteiger charge is -2.07. The Bertz CT molecular complexity index is 658. The van der Waals surface area contributed by atoms with Crippen LogP contribution in [0, 0.1) is 23.0 Å². The number of aromatic nitrogens is 2. The zero-order valence-electron chi connectivity index (χ0n) is 9.40. The molecule has 19 heavy (non-hydrogen) atoms. The quantitative estimate of drug-likeness (QED) is 0.812. The predicted octanol–water partition coefficient (Wildman–Crippen LogP) is 2.86. The van der Waals surface area contributed by atoms with Crippen molar-refractivity contribution in [1.29, 1.82) is 5.26 Å². The molecular weight excluding hydrogens is 276 g/mol. The Morgan fingerprint density at radius 2 is 2.11 bits per heavy atom. The van der Waals surface area contributed by atoms with Crippen molar-refractivity contribution in [1.82, 2.24) is 9.97 Å². The van der Waals surface area contributed by atoms with E-state index in [4.69, 9.17) is 21.6 Å². The van der Waals surface area contributed by atoms with Crippen molar-refractivity contribution in [2.75, 3.05) is 0 Å². The molecule has 0 fully saturated rings. The Morgan fingerprint density at radius 1 is 1.32 bits per heavy atom. The van der Waals surface area contributed by atoms with Gasteiger partial charge in [-0.2, -0.15) is 10.2 Å².